The van der Waals surface area contributed by atoms with Gasteiger partial charge in [-0.1, -0.05) is 45.9 Å². The molecule has 0 aromatic heterocycles. The molecule has 0 heterocycles. The highest BCUT2D eigenvalue weighted by Crippen LogP contribution is 2.40. The maximum absolute atomic E-state index is 11.1. The van der Waals surface area contributed by atoms with E-state index < -0.39 is 11.9 Å². The van der Waals surface area contributed by atoms with Gasteiger partial charge in [0.15, 0.2) is 0 Å². The highest BCUT2D eigenvalue weighted by Gasteiger charge is 2.17. The van der Waals surface area contributed by atoms with Crippen LogP contribution in [0.3, 0.4) is 0 Å². The summed E-state index contributed by atoms with van der Waals surface area (Å²) in [5.41, 5.74) is 0.539. The number of benzene rings is 2. The molecule has 0 unspecified atom stereocenters. The van der Waals surface area contributed by atoms with E-state index in [-0.39, 0.29) is 5.56 Å². The number of rotatable bonds is 5. The molecular weight excluding hydrogens is 296 g/mol. The zero-order chi connectivity index (χ0) is 14.5. The summed E-state index contributed by atoms with van der Waals surface area (Å²) >= 11 is 0. The van der Waals surface area contributed by atoms with E-state index in [9.17, 15) is 14.7 Å². The van der Waals surface area contributed by atoms with Crippen LogP contribution in [0, 0.1) is 0 Å². The smallest absolute Gasteiger partial charge is 0.478 e. The molecule has 3 N–H and O–H groups in total. The van der Waals surface area contributed by atoms with Crippen molar-refractivity contribution in [2.45, 2.75) is 9.79 Å². The second kappa shape index (κ2) is 6.49. The molecule has 0 fully saturated rings. The summed E-state index contributed by atoms with van der Waals surface area (Å²) in [4.78, 5) is 21.6. The van der Waals surface area contributed by atoms with Gasteiger partial charge >= 0.3 is 11.9 Å². The van der Waals surface area contributed by atoms with Gasteiger partial charge in [-0.15, -0.1) is 0 Å². The Morgan fingerprint density at radius 1 is 0.850 bits per heavy atom. The van der Waals surface area contributed by atoms with Crippen LogP contribution in [0.2, 0.25) is 0 Å². The minimum absolute atomic E-state index is 0.222. The van der Waals surface area contributed by atoms with Crippen LogP contribution in [0.25, 0.3) is 0 Å². The molecule has 0 radical (unpaired) electrons. The first-order valence-electron chi connectivity index (χ1n) is 5.60. The average Bonchev–Trinajstić information content (AvgIpc) is 2.45. The van der Waals surface area contributed by atoms with Crippen LogP contribution < -0.4 is 0 Å². The lowest BCUT2D eigenvalue weighted by molar-refractivity contribution is 0.0693. The summed E-state index contributed by atoms with van der Waals surface area (Å²) in [5, 5.41) is 18.3. The van der Waals surface area contributed by atoms with Gasteiger partial charge in [-0.25, -0.2) is 4.79 Å². The minimum atomic E-state index is -0.987. The van der Waals surface area contributed by atoms with Gasteiger partial charge in [-0.2, -0.15) is 0 Å². The maximum Gasteiger partial charge on any atom is 0.516 e. The molecule has 0 saturated carbocycles. The molecule has 0 spiro atoms. The van der Waals surface area contributed by atoms with E-state index in [1.54, 1.807) is 42.5 Å². The Hall–Kier alpha value is -1.92. The lowest BCUT2D eigenvalue weighted by atomic mass is 10.2. The van der Waals surface area contributed by atoms with Gasteiger partial charge in [0.05, 0.1) is 5.56 Å². The Kier molecular flexibility index (Phi) is 4.70. The minimum Gasteiger partial charge on any atom is -0.478 e. The average molecular weight is 307 g/mol. The summed E-state index contributed by atoms with van der Waals surface area (Å²) in [7, 11) is 2.53. The molecule has 2 aromatic rings. The number of aliphatic hydroxyl groups excluding tert-OH is 1. The van der Waals surface area contributed by atoms with Gasteiger partial charge in [0, 0.05) is 9.79 Å². The first kappa shape index (κ1) is 14.5. The van der Waals surface area contributed by atoms with Crippen LogP contribution in [-0.4, -0.2) is 26.9 Å². The fourth-order valence-electron chi connectivity index (χ4n) is 1.53. The van der Waals surface area contributed by atoms with Crippen molar-refractivity contribution in [3.05, 3.63) is 59.7 Å². The molecule has 4 nitrogen and oxygen atoms in total. The first-order chi connectivity index (χ1) is 9.59. The summed E-state index contributed by atoms with van der Waals surface area (Å²) in [5.74, 6) is -1.74. The third-order valence-corrected chi connectivity index (χ3v) is 4.95. The van der Waals surface area contributed by atoms with Crippen molar-refractivity contribution in [3.63, 3.8) is 0 Å². The van der Waals surface area contributed by atoms with Crippen LogP contribution in [-0.2, 0) is 0 Å². The van der Waals surface area contributed by atoms with Crippen LogP contribution in [0.1, 0.15) is 15.9 Å². The van der Waals surface area contributed by atoms with Gasteiger partial charge in [-0.05, 0) is 24.3 Å². The number of hydrogen-bond donors (Lipinski definition) is 2. The maximum atomic E-state index is 11.1. The monoisotopic (exact) mass is 307 g/mol. The molecule has 102 valence electrons. The Morgan fingerprint density at radius 2 is 1.30 bits per heavy atom. The van der Waals surface area contributed by atoms with Crippen LogP contribution >= 0.6 is 21.6 Å². The van der Waals surface area contributed by atoms with E-state index in [1.165, 1.54) is 27.7 Å². The lowest BCUT2D eigenvalue weighted by Crippen LogP contribution is -1.99. The second-order valence-corrected chi connectivity index (χ2v) is 6.00. The summed E-state index contributed by atoms with van der Waals surface area (Å²) in [6.45, 7) is 0. The Bertz CT molecular complexity index is 598. The molecule has 0 aliphatic rings. The van der Waals surface area contributed by atoms with Crippen molar-refractivity contribution < 1.29 is 19.8 Å². The lowest BCUT2D eigenvalue weighted by Gasteiger charge is -2.05. The van der Waals surface area contributed by atoms with Gasteiger partial charge in [-0.3, -0.25) is 0 Å². The third-order valence-electron chi connectivity index (χ3n) is 2.47. The van der Waals surface area contributed by atoms with Crippen molar-refractivity contribution >= 4 is 33.5 Å². The number of carboxylic acid groups (broad SMARTS) is 2. The molecule has 0 amide bonds. The molecule has 20 heavy (non-hydrogen) atoms. The van der Waals surface area contributed by atoms with Gasteiger partial charge in [0.2, 0.25) is 0 Å². The molecule has 2 aromatic carbocycles. The zero-order valence-electron chi connectivity index (χ0n) is 10.2. The van der Waals surface area contributed by atoms with E-state index in [2.05, 4.69) is 0 Å². The highest BCUT2D eigenvalue weighted by atomic mass is 33.1. The molecular formula is C14H11O4S2+. The third kappa shape index (κ3) is 3.34. The fourth-order valence-corrected chi connectivity index (χ4v) is 3.88. The number of carboxylic acids is 2. The van der Waals surface area contributed by atoms with E-state index in [4.69, 9.17) is 5.11 Å². The number of carbonyl (C=O) groups is 1. The molecule has 6 heteroatoms. The molecule has 2 rings (SSSR count). The van der Waals surface area contributed by atoms with Crippen LogP contribution in [0.4, 0.5) is 0 Å². The van der Waals surface area contributed by atoms with Crippen molar-refractivity contribution in [1.29, 1.82) is 0 Å². The SMILES string of the molecule is O=C(O)c1ccccc1SSc1ccccc1C(O)=[OH+]. The Balaban J connectivity index is 2.22. The Labute approximate surface area is 123 Å². The van der Waals surface area contributed by atoms with Crippen LogP contribution in [0.15, 0.2) is 58.3 Å². The standard InChI is InChI=1S/C14H10O4S2/c15-13(16)9-5-1-3-7-11(9)19-20-12-8-4-2-6-10(12)14(17)18/h1-8H,(H,15,16)(H,17,18)/p+1. The molecule has 0 bridgehead atoms. The summed E-state index contributed by atoms with van der Waals surface area (Å²) in [6.07, 6.45) is 0. The molecule has 0 atom stereocenters. The van der Waals surface area contributed by atoms with Gasteiger partial charge in [0.1, 0.15) is 5.56 Å². The quantitative estimate of drug-likeness (QED) is 0.652. The zero-order valence-corrected chi connectivity index (χ0v) is 11.8. The Morgan fingerprint density at radius 3 is 1.80 bits per heavy atom. The first-order valence-corrected chi connectivity index (χ1v) is 7.75. The predicted molar refractivity (Wildman–Crippen MR) is 80.2 cm³/mol. The predicted octanol–water partition coefficient (Wildman–Crippen LogP) is 3.59. The van der Waals surface area contributed by atoms with Gasteiger partial charge < -0.3 is 15.0 Å². The molecule has 0 aliphatic carbocycles. The van der Waals surface area contributed by atoms with E-state index in [0.29, 0.717) is 15.4 Å². The summed E-state index contributed by atoms with van der Waals surface area (Å²) < 4.78 is 0. The fraction of sp³-hybridized carbons (Fsp3) is 0. The summed E-state index contributed by atoms with van der Waals surface area (Å²) in [6, 6.07) is 13.5. The molecule has 0 aliphatic heterocycles. The van der Waals surface area contributed by atoms with Crippen molar-refractivity contribution in [3.8, 4) is 0 Å². The van der Waals surface area contributed by atoms with Crippen molar-refractivity contribution in [1.82, 2.24) is 0 Å². The van der Waals surface area contributed by atoms with E-state index in [0.717, 1.165) is 0 Å². The molecule has 0 saturated heterocycles. The van der Waals surface area contributed by atoms with E-state index >= 15 is 0 Å². The van der Waals surface area contributed by atoms with Gasteiger partial charge in [0.25, 0.3) is 0 Å². The number of aromatic carboxylic acids is 2. The normalized spacial score (nSPS) is 10.2. The van der Waals surface area contributed by atoms with Crippen molar-refractivity contribution in [2.24, 2.45) is 0 Å². The van der Waals surface area contributed by atoms with Crippen molar-refractivity contribution in [2.75, 3.05) is 0 Å². The highest BCUT2D eigenvalue weighted by molar-refractivity contribution is 8.76. The largest absolute Gasteiger partial charge is 0.516 e. The van der Waals surface area contributed by atoms with Crippen LogP contribution in [0.5, 0.6) is 0 Å². The van der Waals surface area contributed by atoms with E-state index in [1.807, 2.05) is 0 Å². The number of hydrogen-bond acceptors (Lipinski definition) is 3. The topological polar surface area (TPSA) is 78.9 Å². The second-order valence-electron chi connectivity index (χ2n) is 3.79.